The van der Waals surface area contributed by atoms with Crippen LogP contribution in [0.2, 0.25) is 5.15 Å². The van der Waals surface area contributed by atoms with Crippen LogP contribution in [0.25, 0.3) is 0 Å². The summed E-state index contributed by atoms with van der Waals surface area (Å²) in [4.78, 5) is 15.3. The maximum absolute atomic E-state index is 11.2. The van der Waals surface area contributed by atoms with Gasteiger partial charge in [0.1, 0.15) is 17.0 Å². The van der Waals surface area contributed by atoms with Crippen molar-refractivity contribution in [3.63, 3.8) is 0 Å². The van der Waals surface area contributed by atoms with E-state index in [1.54, 1.807) is 10.8 Å². The molecule has 76 valence electrons. The summed E-state index contributed by atoms with van der Waals surface area (Å²) in [6, 6.07) is -0.334. The standard InChI is InChI=1S/C8H10ClN3O2/c1-14-8(13)5-4-12-6(9)2-11-7(12)3-10-5/h2,5,10H,3-4H2,1H3. The van der Waals surface area contributed by atoms with Crippen LogP contribution in [0.5, 0.6) is 0 Å². The fraction of sp³-hybridized carbons (Fsp3) is 0.500. The van der Waals surface area contributed by atoms with E-state index in [1.165, 1.54) is 7.11 Å². The van der Waals surface area contributed by atoms with E-state index in [4.69, 9.17) is 11.6 Å². The third kappa shape index (κ3) is 1.49. The summed E-state index contributed by atoms with van der Waals surface area (Å²) in [7, 11) is 1.37. The van der Waals surface area contributed by atoms with Gasteiger partial charge in [0.05, 0.1) is 26.4 Å². The summed E-state index contributed by atoms with van der Waals surface area (Å²) >= 11 is 5.89. The highest BCUT2D eigenvalue weighted by atomic mass is 35.5. The van der Waals surface area contributed by atoms with Gasteiger partial charge < -0.3 is 9.30 Å². The molecule has 6 heteroatoms. The summed E-state index contributed by atoms with van der Waals surface area (Å²) in [6.07, 6.45) is 1.58. The smallest absolute Gasteiger partial charge is 0.324 e. The molecule has 1 aliphatic rings. The second kappa shape index (κ2) is 3.59. The molecule has 0 aliphatic carbocycles. The van der Waals surface area contributed by atoms with Gasteiger partial charge in [-0.2, -0.15) is 0 Å². The third-order valence-corrected chi connectivity index (χ3v) is 2.55. The topological polar surface area (TPSA) is 56.2 Å². The number of carbonyl (C=O) groups excluding carboxylic acids is 1. The van der Waals surface area contributed by atoms with E-state index < -0.39 is 0 Å². The lowest BCUT2D eigenvalue weighted by atomic mass is 10.2. The Morgan fingerprint density at radius 1 is 1.86 bits per heavy atom. The summed E-state index contributed by atoms with van der Waals surface area (Å²) < 4.78 is 6.45. The predicted octanol–water partition coefficient (Wildman–Crippen LogP) is 0.181. The first-order valence-electron chi connectivity index (χ1n) is 4.23. The van der Waals surface area contributed by atoms with Crippen molar-refractivity contribution >= 4 is 17.6 Å². The van der Waals surface area contributed by atoms with Gasteiger partial charge >= 0.3 is 5.97 Å². The number of imidazole rings is 1. The number of rotatable bonds is 1. The van der Waals surface area contributed by atoms with Crippen LogP contribution in [-0.4, -0.2) is 28.7 Å². The molecule has 2 rings (SSSR count). The van der Waals surface area contributed by atoms with Gasteiger partial charge in [-0.05, 0) is 0 Å². The summed E-state index contributed by atoms with van der Waals surface area (Å²) in [5, 5.41) is 3.57. The first-order valence-corrected chi connectivity index (χ1v) is 4.61. The van der Waals surface area contributed by atoms with Gasteiger partial charge in [0.15, 0.2) is 0 Å². The molecule has 1 unspecified atom stereocenters. The van der Waals surface area contributed by atoms with Crippen molar-refractivity contribution in [1.82, 2.24) is 14.9 Å². The van der Waals surface area contributed by atoms with Gasteiger partial charge in [0, 0.05) is 0 Å². The Labute approximate surface area is 86.0 Å². The number of ether oxygens (including phenoxy) is 1. The number of esters is 1. The number of carbonyl (C=O) groups is 1. The van der Waals surface area contributed by atoms with Crippen LogP contribution in [0.15, 0.2) is 6.20 Å². The monoisotopic (exact) mass is 215 g/mol. The van der Waals surface area contributed by atoms with Gasteiger partial charge in [-0.15, -0.1) is 0 Å². The molecule has 0 bridgehead atoms. The third-order valence-electron chi connectivity index (χ3n) is 2.25. The molecule has 0 fully saturated rings. The fourth-order valence-corrected chi connectivity index (χ4v) is 1.70. The quantitative estimate of drug-likeness (QED) is 0.680. The Balaban J connectivity index is 2.20. The van der Waals surface area contributed by atoms with E-state index >= 15 is 0 Å². The first kappa shape index (κ1) is 9.48. The van der Waals surface area contributed by atoms with Gasteiger partial charge in [0.2, 0.25) is 0 Å². The Bertz CT molecular complexity index is 363. The van der Waals surface area contributed by atoms with Gasteiger partial charge in [0.25, 0.3) is 0 Å². The molecule has 1 aromatic heterocycles. The van der Waals surface area contributed by atoms with Crippen LogP contribution in [0.3, 0.4) is 0 Å². The molecule has 1 aromatic rings. The molecule has 14 heavy (non-hydrogen) atoms. The average molecular weight is 216 g/mol. The molecule has 0 aromatic carbocycles. The molecule has 0 saturated carbocycles. The number of halogens is 1. The predicted molar refractivity (Wildman–Crippen MR) is 49.9 cm³/mol. The zero-order chi connectivity index (χ0) is 10.1. The molecular formula is C8H10ClN3O2. The lowest BCUT2D eigenvalue weighted by Gasteiger charge is -2.23. The summed E-state index contributed by atoms with van der Waals surface area (Å²) in [6.45, 7) is 1.01. The second-order valence-corrected chi connectivity index (χ2v) is 3.45. The van der Waals surface area contributed by atoms with Crippen molar-refractivity contribution in [3.8, 4) is 0 Å². The van der Waals surface area contributed by atoms with E-state index in [0.29, 0.717) is 18.2 Å². The average Bonchev–Trinajstić information content (AvgIpc) is 2.59. The van der Waals surface area contributed by atoms with Crippen molar-refractivity contribution in [2.75, 3.05) is 7.11 Å². The lowest BCUT2D eigenvalue weighted by molar-refractivity contribution is -0.143. The normalized spacial score (nSPS) is 20.3. The zero-order valence-electron chi connectivity index (χ0n) is 7.66. The first-order chi connectivity index (χ1) is 6.72. The second-order valence-electron chi connectivity index (χ2n) is 3.06. The molecular weight excluding hydrogens is 206 g/mol. The van der Waals surface area contributed by atoms with Gasteiger partial charge in [-0.3, -0.25) is 10.1 Å². The van der Waals surface area contributed by atoms with Gasteiger partial charge in [-0.1, -0.05) is 11.6 Å². The van der Waals surface area contributed by atoms with Crippen LogP contribution in [0.4, 0.5) is 0 Å². The molecule has 1 N–H and O–H groups in total. The van der Waals surface area contributed by atoms with Gasteiger partial charge in [-0.25, -0.2) is 4.98 Å². The van der Waals surface area contributed by atoms with E-state index in [-0.39, 0.29) is 12.0 Å². The minimum absolute atomic E-state index is 0.277. The van der Waals surface area contributed by atoms with Crippen molar-refractivity contribution in [3.05, 3.63) is 17.2 Å². The number of hydrogen-bond donors (Lipinski definition) is 1. The van der Waals surface area contributed by atoms with Crippen LogP contribution in [0, 0.1) is 0 Å². The number of nitrogens with one attached hydrogen (secondary N) is 1. The molecule has 1 aliphatic heterocycles. The van der Waals surface area contributed by atoms with E-state index in [9.17, 15) is 4.79 Å². The Hall–Kier alpha value is -1.07. The van der Waals surface area contributed by atoms with Crippen LogP contribution in [-0.2, 0) is 22.6 Å². The van der Waals surface area contributed by atoms with Crippen molar-refractivity contribution in [2.45, 2.75) is 19.1 Å². The number of aromatic nitrogens is 2. The Kier molecular flexibility index (Phi) is 2.43. The lowest BCUT2D eigenvalue weighted by Crippen LogP contribution is -2.45. The fourth-order valence-electron chi connectivity index (χ4n) is 1.49. The molecule has 0 saturated heterocycles. The highest BCUT2D eigenvalue weighted by Gasteiger charge is 2.26. The van der Waals surface area contributed by atoms with Crippen molar-refractivity contribution in [1.29, 1.82) is 0 Å². The summed E-state index contributed by atoms with van der Waals surface area (Å²) in [5.41, 5.74) is 0. The largest absolute Gasteiger partial charge is 0.468 e. The molecule has 0 spiro atoms. The summed E-state index contributed by atoms with van der Waals surface area (Å²) in [5.74, 6) is 0.565. The maximum atomic E-state index is 11.2. The minimum Gasteiger partial charge on any atom is -0.468 e. The van der Waals surface area contributed by atoms with Crippen LogP contribution in [0.1, 0.15) is 5.82 Å². The molecule has 0 amide bonds. The number of fused-ring (bicyclic) bond motifs is 1. The Morgan fingerprint density at radius 3 is 3.36 bits per heavy atom. The van der Waals surface area contributed by atoms with E-state index in [0.717, 1.165) is 5.82 Å². The highest BCUT2D eigenvalue weighted by Crippen LogP contribution is 2.16. The number of methoxy groups -OCH3 is 1. The molecule has 5 nitrogen and oxygen atoms in total. The van der Waals surface area contributed by atoms with Crippen molar-refractivity contribution in [2.24, 2.45) is 0 Å². The molecule has 0 radical (unpaired) electrons. The van der Waals surface area contributed by atoms with E-state index in [1.807, 2.05) is 0 Å². The molecule has 1 atom stereocenters. The SMILES string of the molecule is COC(=O)C1Cn2c(Cl)cnc2CN1. The maximum Gasteiger partial charge on any atom is 0.324 e. The number of hydrogen-bond acceptors (Lipinski definition) is 4. The zero-order valence-corrected chi connectivity index (χ0v) is 8.41. The molecule has 2 heterocycles. The van der Waals surface area contributed by atoms with Crippen LogP contribution >= 0.6 is 11.6 Å². The Morgan fingerprint density at radius 2 is 2.64 bits per heavy atom. The number of nitrogens with zero attached hydrogens (tertiary/aromatic N) is 2. The van der Waals surface area contributed by atoms with E-state index in [2.05, 4.69) is 15.0 Å². The minimum atomic E-state index is -0.334. The van der Waals surface area contributed by atoms with Crippen molar-refractivity contribution < 1.29 is 9.53 Å². The van der Waals surface area contributed by atoms with Crippen LogP contribution < -0.4 is 5.32 Å². The highest BCUT2D eigenvalue weighted by molar-refractivity contribution is 6.29.